The minimum atomic E-state index is -4.66. The van der Waals surface area contributed by atoms with E-state index >= 15 is 0 Å². The van der Waals surface area contributed by atoms with Crippen LogP contribution in [0.4, 0.5) is 28.4 Å². The number of nitro groups is 1. The summed E-state index contributed by atoms with van der Waals surface area (Å²) in [5.41, 5.74) is 6.44. The number of ether oxygens (including phenoxy) is 3. The first kappa shape index (κ1) is 44.7. The highest BCUT2D eigenvalue weighted by Gasteiger charge is 2.50. The van der Waals surface area contributed by atoms with Crippen molar-refractivity contribution in [2.24, 2.45) is 5.41 Å². The van der Waals surface area contributed by atoms with Crippen molar-refractivity contribution in [2.45, 2.75) is 94.8 Å². The molecule has 67 heavy (non-hydrogen) atoms. The van der Waals surface area contributed by atoms with Gasteiger partial charge >= 0.3 is 0 Å². The Kier molecular flexibility index (Phi) is 11.9. The largest absolute Gasteiger partial charge is 0.489 e. The van der Waals surface area contributed by atoms with Gasteiger partial charge in [0.1, 0.15) is 17.9 Å². The van der Waals surface area contributed by atoms with Crippen LogP contribution in [0, 0.1) is 15.5 Å². The third kappa shape index (κ3) is 8.68. The van der Waals surface area contributed by atoms with Crippen molar-refractivity contribution in [3.63, 3.8) is 0 Å². The van der Waals surface area contributed by atoms with Crippen LogP contribution in [0.2, 0.25) is 0 Å². The minimum Gasteiger partial charge on any atom is -0.489 e. The molecule has 2 saturated heterocycles. The predicted octanol–water partition coefficient (Wildman–Crippen LogP) is 8.73. The lowest BCUT2D eigenvalue weighted by atomic mass is 9.59. The Morgan fingerprint density at radius 3 is 2.60 bits per heavy atom. The molecule has 5 aliphatic rings. The van der Waals surface area contributed by atoms with Crippen molar-refractivity contribution in [3.05, 3.63) is 106 Å². The Morgan fingerprint density at radius 1 is 1.01 bits per heavy atom. The lowest BCUT2D eigenvalue weighted by molar-refractivity contribution is -0.384. The highest BCUT2D eigenvalue weighted by Crippen LogP contribution is 2.54. The number of H-pyrrole nitrogens is 1. The van der Waals surface area contributed by atoms with E-state index in [1.807, 2.05) is 43.0 Å². The van der Waals surface area contributed by atoms with Crippen LogP contribution in [0.15, 0.2) is 84.4 Å². The number of benzene rings is 3. The maximum absolute atomic E-state index is 14.5. The van der Waals surface area contributed by atoms with Gasteiger partial charge in [-0.2, -0.15) is 4.98 Å². The van der Waals surface area contributed by atoms with Crippen molar-refractivity contribution in [1.29, 1.82) is 0 Å². The fourth-order valence-corrected chi connectivity index (χ4v) is 11.9. The number of amides is 1. The Labute approximate surface area is 390 Å². The van der Waals surface area contributed by atoms with Crippen LogP contribution in [0.1, 0.15) is 93.2 Å². The monoisotopic (exact) mass is 930 g/mol. The first-order valence-corrected chi connectivity index (χ1v) is 24.9. The SMILES string of the molecule is C=C(C)c1ccccc1[C@@H]1CCCN1C1CC2(CCN(c3ccc(C(=O)NS(=O)(=O)c4cc5c(c([N+](=O)[O-])c4)N[C@@H](COC(C)C)CO5)c(N4CCCOc5nc6[nH]ccc6cc54)c3)CC2)C1. The van der Waals surface area contributed by atoms with Gasteiger partial charge in [-0.15, -0.1) is 0 Å². The van der Waals surface area contributed by atoms with Gasteiger partial charge in [-0.3, -0.25) is 19.8 Å². The van der Waals surface area contributed by atoms with Crippen LogP contribution >= 0.6 is 0 Å². The number of hydrogen-bond acceptors (Lipinski definition) is 13. The molecule has 0 radical (unpaired) electrons. The van der Waals surface area contributed by atoms with Gasteiger partial charge in [0.15, 0.2) is 11.4 Å². The normalized spacial score (nSPS) is 20.6. The first-order valence-electron chi connectivity index (χ1n) is 23.4. The van der Waals surface area contributed by atoms with E-state index in [-0.39, 0.29) is 41.7 Å². The van der Waals surface area contributed by atoms with Crippen LogP contribution in [0.25, 0.3) is 16.6 Å². The molecule has 4 aliphatic heterocycles. The van der Waals surface area contributed by atoms with Crippen molar-refractivity contribution in [2.75, 3.05) is 61.1 Å². The number of pyridine rings is 1. The molecule has 16 nitrogen and oxygen atoms in total. The molecular formula is C50H58N8O8S. The van der Waals surface area contributed by atoms with Crippen molar-refractivity contribution in [1.82, 2.24) is 19.6 Å². The summed E-state index contributed by atoms with van der Waals surface area (Å²) in [5.74, 6) is -0.506. The van der Waals surface area contributed by atoms with Gasteiger partial charge in [0, 0.05) is 61.1 Å². The van der Waals surface area contributed by atoms with Gasteiger partial charge < -0.3 is 34.3 Å². The summed E-state index contributed by atoms with van der Waals surface area (Å²) in [7, 11) is -4.66. The molecule has 0 unspecified atom stereocenters. The number of likely N-dealkylation sites (tertiary alicyclic amines) is 1. The number of nitrogens with one attached hydrogen (secondary N) is 3. The fraction of sp³-hybridized carbons (Fsp3) is 0.440. The van der Waals surface area contributed by atoms with Gasteiger partial charge in [0.25, 0.3) is 21.6 Å². The predicted molar refractivity (Wildman–Crippen MR) is 258 cm³/mol. The lowest BCUT2D eigenvalue weighted by Gasteiger charge is -2.56. The molecule has 5 aromatic rings. The molecule has 352 valence electrons. The standard InChI is InChI=1S/C50H58N8O8S/c1-31(2)38-9-5-6-10-39(38)41-11-7-18-56(41)36-27-50(28-36)15-20-55(21-16-50)35-12-13-40(42(24-35)57-19-8-22-64-49-44(57)23-33-14-17-51-47(33)53-49)48(59)54-67(62,63)37-25-43(58(60)61)46-45(26-37)66-30-34(52-46)29-65-32(3)4/h5-6,9-10,12-14,17,23-26,32,34,36,41,52H,1,7-8,11,15-16,18-22,27-30H2,2-4H3,(H,51,53)(H,54,59)/t34-,41-/m0/s1. The number of nitrogens with zero attached hydrogens (tertiary/aromatic N) is 5. The number of fused-ring (bicyclic) bond motifs is 3. The third-order valence-corrected chi connectivity index (χ3v) is 15.6. The quantitative estimate of drug-likeness (QED) is 0.0798. The van der Waals surface area contributed by atoms with Gasteiger partial charge in [-0.1, -0.05) is 36.4 Å². The molecule has 1 saturated carbocycles. The molecule has 2 atom stereocenters. The first-order chi connectivity index (χ1) is 32.3. The number of rotatable bonds is 12. The second-order valence-electron chi connectivity index (χ2n) is 19.1. The number of carbonyl (C=O) groups is 1. The Hall–Kier alpha value is -6.17. The van der Waals surface area contributed by atoms with Gasteiger partial charge in [-0.05, 0) is 119 Å². The zero-order valence-electron chi connectivity index (χ0n) is 38.3. The van der Waals surface area contributed by atoms with Gasteiger partial charge in [0.2, 0.25) is 5.88 Å². The van der Waals surface area contributed by atoms with E-state index in [2.05, 4.69) is 62.6 Å². The highest BCUT2D eigenvalue weighted by atomic mass is 32.2. The topological polar surface area (TPSA) is 184 Å². The van der Waals surface area contributed by atoms with Crippen LogP contribution in [-0.4, -0.2) is 98.3 Å². The molecule has 1 aliphatic carbocycles. The van der Waals surface area contributed by atoms with Crippen molar-refractivity contribution in [3.8, 4) is 11.6 Å². The van der Waals surface area contributed by atoms with Gasteiger partial charge in [0.05, 0.1) is 46.4 Å². The summed E-state index contributed by atoms with van der Waals surface area (Å²) in [4.78, 5) is 40.7. The number of hydrogen-bond donors (Lipinski definition) is 3. The lowest BCUT2D eigenvalue weighted by Crippen LogP contribution is -2.54. The van der Waals surface area contributed by atoms with E-state index < -0.39 is 37.5 Å². The number of nitro benzene ring substituents is 1. The zero-order chi connectivity index (χ0) is 46.6. The summed E-state index contributed by atoms with van der Waals surface area (Å²) >= 11 is 0. The molecule has 2 aromatic heterocycles. The second kappa shape index (κ2) is 17.8. The second-order valence-corrected chi connectivity index (χ2v) is 20.8. The van der Waals surface area contributed by atoms with E-state index in [4.69, 9.17) is 19.2 Å². The molecule has 1 spiro atoms. The molecule has 3 aromatic carbocycles. The molecule has 3 fully saturated rings. The molecule has 17 heteroatoms. The summed E-state index contributed by atoms with van der Waals surface area (Å²) in [5, 5.41) is 16.3. The number of anilines is 4. The molecule has 1 amide bonds. The average Bonchev–Trinajstić information content (AvgIpc) is 3.94. The molecule has 10 rings (SSSR count). The van der Waals surface area contributed by atoms with Crippen LogP contribution < -0.4 is 29.3 Å². The Bertz CT molecular complexity index is 2850. The van der Waals surface area contributed by atoms with Gasteiger partial charge in [-0.25, -0.2) is 13.1 Å². The van der Waals surface area contributed by atoms with E-state index in [0.717, 1.165) is 55.2 Å². The van der Waals surface area contributed by atoms with E-state index in [0.29, 0.717) is 54.6 Å². The number of aromatic nitrogens is 2. The number of sulfonamides is 1. The zero-order valence-corrected chi connectivity index (χ0v) is 39.1. The third-order valence-electron chi connectivity index (χ3n) is 14.3. The molecule has 0 bridgehead atoms. The number of aromatic amines is 1. The number of piperidine rings is 1. The maximum Gasteiger partial charge on any atom is 0.297 e. The Morgan fingerprint density at radius 2 is 1.82 bits per heavy atom. The highest BCUT2D eigenvalue weighted by molar-refractivity contribution is 7.90. The molecular weight excluding hydrogens is 873 g/mol. The van der Waals surface area contributed by atoms with Crippen LogP contribution in [0.3, 0.4) is 0 Å². The van der Waals surface area contributed by atoms with Crippen molar-refractivity contribution >= 4 is 61.0 Å². The van der Waals surface area contributed by atoms with Crippen LogP contribution in [0.5, 0.6) is 11.6 Å². The van der Waals surface area contributed by atoms with E-state index in [1.54, 1.807) is 12.3 Å². The van der Waals surface area contributed by atoms with E-state index in [1.165, 1.54) is 42.9 Å². The van der Waals surface area contributed by atoms with E-state index in [9.17, 15) is 23.3 Å². The molecule has 6 heterocycles. The smallest absolute Gasteiger partial charge is 0.297 e. The summed E-state index contributed by atoms with van der Waals surface area (Å²) in [6.45, 7) is 14.1. The molecule has 3 N–H and O–H groups in total. The summed E-state index contributed by atoms with van der Waals surface area (Å²) in [6, 6.07) is 20.9. The number of allylic oxidation sites excluding steroid dienone is 1. The number of carbonyl (C=O) groups excluding carboxylic acids is 1. The minimum absolute atomic E-state index is 0.0112. The average molecular weight is 931 g/mol. The summed E-state index contributed by atoms with van der Waals surface area (Å²) < 4.78 is 48.1. The fourth-order valence-electron chi connectivity index (χ4n) is 10.9. The Balaban J connectivity index is 0.912. The summed E-state index contributed by atoms with van der Waals surface area (Å²) in [6.07, 6.45) is 9.18. The van der Waals surface area contributed by atoms with Crippen molar-refractivity contribution < 1.29 is 32.3 Å². The van der Waals surface area contributed by atoms with Crippen LogP contribution in [-0.2, 0) is 14.8 Å². The maximum atomic E-state index is 14.5.